The van der Waals surface area contributed by atoms with Crippen molar-refractivity contribution in [3.63, 3.8) is 0 Å². The van der Waals surface area contributed by atoms with Gasteiger partial charge in [0.1, 0.15) is 12.4 Å². The summed E-state index contributed by atoms with van der Waals surface area (Å²) in [5, 5.41) is 9.41. The van der Waals surface area contributed by atoms with Gasteiger partial charge in [0.05, 0.1) is 19.3 Å². The molecule has 0 radical (unpaired) electrons. The van der Waals surface area contributed by atoms with Gasteiger partial charge < -0.3 is 19.1 Å². The van der Waals surface area contributed by atoms with Gasteiger partial charge in [-0.3, -0.25) is 0 Å². The van der Waals surface area contributed by atoms with Crippen LogP contribution in [0.2, 0.25) is 0 Å². The van der Waals surface area contributed by atoms with Crippen LogP contribution in [0.1, 0.15) is 35.6 Å². The van der Waals surface area contributed by atoms with E-state index in [1.54, 1.807) is 25.3 Å². The Kier molecular flexibility index (Phi) is 7.70. The van der Waals surface area contributed by atoms with Crippen LogP contribution in [0.5, 0.6) is 11.6 Å². The van der Waals surface area contributed by atoms with E-state index < -0.39 is 11.4 Å². The summed E-state index contributed by atoms with van der Waals surface area (Å²) in [4.78, 5) is 29.0. The first-order chi connectivity index (χ1) is 17.3. The molecule has 9 nitrogen and oxygen atoms in total. The average molecular weight is 492 g/mol. The maximum atomic E-state index is 11.6. The van der Waals surface area contributed by atoms with Crippen LogP contribution in [0.3, 0.4) is 0 Å². The number of aliphatic hydroxyl groups is 1. The van der Waals surface area contributed by atoms with E-state index in [9.17, 15) is 14.7 Å². The summed E-state index contributed by atoms with van der Waals surface area (Å²) in [5.74, 6) is 0.436. The molecule has 2 aromatic heterocycles. The van der Waals surface area contributed by atoms with E-state index in [0.717, 1.165) is 38.3 Å². The van der Waals surface area contributed by atoms with Gasteiger partial charge in [0.2, 0.25) is 5.88 Å². The highest BCUT2D eigenvalue weighted by atomic mass is 16.5. The minimum Gasteiger partial charge on any atom is -0.493 e. The van der Waals surface area contributed by atoms with Crippen LogP contribution in [0.15, 0.2) is 68.8 Å². The van der Waals surface area contributed by atoms with Crippen LogP contribution in [0, 0.1) is 13.8 Å². The molecule has 0 fully saturated rings. The van der Waals surface area contributed by atoms with Crippen molar-refractivity contribution in [2.24, 2.45) is 0 Å². The lowest BCUT2D eigenvalue weighted by atomic mass is 9.94. The molecule has 0 aliphatic carbocycles. The first-order valence-electron chi connectivity index (χ1n) is 11.7. The van der Waals surface area contributed by atoms with E-state index in [1.165, 1.54) is 0 Å². The topological polar surface area (TPSA) is 120 Å². The molecular weight excluding hydrogens is 462 g/mol. The third-order valence-corrected chi connectivity index (χ3v) is 5.87. The number of nitrogens with zero attached hydrogens (tertiary/aromatic N) is 2. The molecule has 0 spiro atoms. The monoisotopic (exact) mass is 491 g/mol. The van der Waals surface area contributed by atoms with Crippen molar-refractivity contribution in [3.8, 4) is 22.8 Å². The van der Waals surface area contributed by atoms with E-state index in [4.69, 9.17) is 14.0 Å². The lowest BCUT2D eigenvalue weighted by Crippen LogP contribution is -2.17. The molecule has 2 aromatic carbocycles. The standard InChI is InChI=1S/C27H29N3O6/c1-17-13-22(34-12-11-18(2)31)8-9-23(17)24-6-4-5-21(19(24)3)16-35-25-10-7-20(14-28-25)15-30-26(32)29-27(33)36-30/h4-10,13-14,18,31H,11-12,15-16H2,1-3H3,(H,29,32,33)/t18-/m0/s1. The minimum absolute atomic E-state index is 0.0930. The van der Waals surface area contributed by atoms with Crippen molar-refractivity contribution < 1.29 is 19.1 Å². The SMILES string of the molecule is Cc1cc(OCC[C@H](C)O)ccc1-c1cccc(COc2ccc(Cn3oc(=O)[nH]c3=O)cn2)c1C. The number of aryl methyl sites for hydroxylation is 1. The molecule has 2 heterocycles. The van der Waals surface area contributed by atoms with Crippen LogP contribution in [0.4, 0.5) is 0 Å². The molecule has 0 bridgehead atoms. The van der Waals surface area contributed by atoms with Gasteiger partial charge >= 0.3 is 11.4 Å². The maximum absolute atomic E-state index is 11.6. The molecule has 0 saturated carbocycles. The van der Waals surface area contributed by atoms with E-state index in [0.29, 0.717) is 31.1 Å². The van der Waals surface area contributed by atoms with E-state index >= 15 is 0 Å². The summed E-state index contributed by atoms with van der Waals surface area (Å²) >= 11 is 0. The number of aromatic amines is 1. The third-order valence-electron chi connectivity index (χ3n) is 5.87. The fourth-order valence-corrected chi connectivity index (χ4v) is 3.83. The zero-order valence-electron chi connectivity index (χ0n) is 20.5. The number of ether oxygens (including phenoxy) is 2. The van der Waals surface area contributed by atoms with Crippen LogP contribution in [-0.2, 0) is 13.2 Å². The molecule has 0 unspecified atom stereocenters. The summed E-state index contributed by atoms with van der Waals surface area (Å²) in [6.07, 6.45) is 1.78. The Morgan fingerprint density at radius 2 is 1.92 bits per heavy atom. The number of benzene rings is 2. The van der Waals surface area contributed by atoms with E-state index in [1.807, 2.05) is 29.2 Å². The minimum atomic E-state index is -0.794. The van der Waals surface area contributed by atoms with Crippen molar-refractivity contribution in [1.29, 1.82) is 0 Å². The smallest absolute Gasteiger partial charge is 0.440 e. The molecule has 188 valence electrons. The number of aromatic nitrogens is 3. The van der Waals surface area contributed by atoms with Crippen LogP contribution < -0.4 is 20.9 Å². The molecule has 4 rings (SSSR count). The normalized spacial score (nSPS) is 11.9. The van der Waals surface area contributed by atoms with Crippen molar-refractivity contribution in [2.75, 3.05) is 6.61 Å². The molecule has 4 aromatic rings. The summed E-state index contributed by atoms with van der Waals surface area (Å²) in [6, 6.07) is 15.6. The predicted molar refractivity (Wildman–Crippen MR) is 134 cm³/mol. The van der Waals surface area contributed by atoms with Gasteiger partial charge in [-0.1, -0.05) is 30.3 Å². The van der Waals surface area contributed by atoms with Gasteiger partial charge in [-0.2, -0.15) is 0 Å². The highest BCUT2D eigenvalue weighted by Gasteiger charge is 2.11. The van der Waals surface area contributed by atoms with E-state index in [2.05, 4.69) is 31.0 Å². The Labute approximate surface area is 207 Å². The molecule has 0 amide bonds. The van der Waals surface area contributed by atoms with Crippen molar-refractivity contribution >= 4 is 0 Å². The molecule has 2 N–H and O–H groups in total. The van der Waals surface area contributed by atoms with Crippen molar-refractivity contribution in [3.05, 3.63) is 98.0 Å². The average Bonchev–Trinajstić information content (AvgIpc) is 3.16. The van der Waals surface area contributed by atoms with Crippen LogP contribution >= 0.6 is 0 Å². The number of hydrogen-bond acceptors (Lipinski definition) is 7. The second kappa shape index (κ2) is 11.1. The first-order valence-corrected chi connectivity index (χ1v) is 11.7. The number of nitrogens with one attached hydrogen (secondary N) is 1. The highest BCUT2D eigenvalue weighted by Crippen LogP contribution is 2.31. The van der Waals surface area contributed by atoms with Gasteiger partial charge in [-0.05, 0) is 66.3 Å². The highest BCUT2D eigenvalue weighted by molar-refractivity contribution is 5.72. The lowest BCUT2D eigenvalue weighted by molar-refractivity contribution is 0.155. The van der Waals surface area contributed by atoms with E-state index in [-0.39, 0.29) is 12.6 Å². The zero-order chi connectivity index (χ0) is 25.7. The molecule has 0 aliphatic rings. The number of hydrogen-bond donors (Lipinski definition) is 2. The molecule has 0 aliphatic heterocycles. The fourth-order valence-electron chi connectivity index (χ4n) is 3.83. The number of pyridine rings is 1. The fraction of sp³-hybridized carbons (Fsp3) is 0.296. The summed E-state index contributed by atoms with van der Waals surface area (Å²) in [7, 11) is 0. The second-order valence-electron chi connectivity index (χ2n) is 8.69. The Morgan fingerprint density at radius 3 is 2.58 bits per heavy atom. The first kappa shape index (κ1) is 25.0. The molecule has 0 saturated heterocycles. The number of rotatable bonds is 10. The third kappa shape index (κ3) is 6.11. The Morgan fingerprint density at radius 1 is 1.08 bits per heavy atom. The summed E-state index contributed by atoms with van der Waals surface area (Å²) < 4.78 is 17.4. The molecule has 9 heteroatoms. The van der Waals surface area contributed by atoms with Crippen molar-refractivity contribution in [2.45, 2.75) is 46.4 Å². The van der Waals surface area contributed by atoms with Gasteiger partial charge in [0.15, 0.2) is 0 Å². The molecule has 1 atom stereocenters. The van der Waals surface area contributed by atoms with Crippen LogP contribution in [-0.4, -0.2) is 32.5 Å². The summed E-state index contributed by atoms with van der Waals surface area (Å²) in [6.45, 7) is 6.78. The van der Waals surface area contributed by atoms with Crippen LogP contribution in [0.25, 0.3) is 11.1 Å². The lowest BCUT2D eigenvalue weighted by Gasteiger charge is -2.15. The second-order valence-corrected chi connectivity index (χ2v) is 8.69. The maximum Gasteiger partial charge on any atom is 0.440 e. The van der Waals surface area contributed by atoms with Crippen molar-refractivity contribution in [1.82, 2.24) is 14.7 Å². The van der Waals surface area contributed by atoms with Gasteiger partial charge in [0.25, 0.3) is 0 Å². The molecular formula is C27H29N3O6. The number of aliphatic hydroxyl groups excluding tert-OH is 1. The number of H-pyrrole nitrogens is 1. The zero-order valence-corrected chi connectivity index (χ0v) is 20.5. The Hall–Kier alpha value is -4.11. The Balaban J connectivity index is 1.42. The van der Waals surface area contributed by atoms with Gasteiger partial charge in [-0.25, -0.2) is 19.6 Å². The largest absolute Gasteiger partial charge is 0.493 e. The summed E-state index contributed by atoms with van der Waals surface area (Å²) in [5.41, 5.74) is 5.57. The van der Waals surface area contributed by atoms with Gasteiger partial charge in [0, 0.05) is 18.7 Å². The quantitative estimate of drug-likeness (QED) is 0.348. The Bertz CT molecular complexity index is 1430. The molecule has 36 heavy (non-hydrogen) atoms. The predicted octanol–water partition coefficient (Wildman–Crippen LogP) is 3.59. The van der Waals surface area contributed by atoms with Gasteiger partial charge in [-0.15, -0.1) is 4.74 Å².